The quantitative estimate of drug-likeness (QED) is 0.839. The Morgan fingerprint density at radius 2 is 2.20 bits per heavy atom. The zero-order valence-corrected chi connectivity index (χ0v) is 15.0. The van der Waals surface area contributed by atoms with Crippen molar-refractivity contribution in [2.24, 2.45) is 7.05 Å². The number of aryl methyl sites for hydroxylation is 1. The van der Waals surface area contributed by atoms with Crippen LogP contribution < -0.4 is 4.90 Å². The Hall–Kier alpha value is -1.99. The van der Waals surface area contributed by atoms with Crippen LogP contribution in [0.1, 0.15) is 24.8 Å². The monoisotopic (exact) mass is 342 g/mol. The number of nitrogens with zero attached hydrogens (tertiary/aromatic N) is 6. The molecule has 7 heteroatoms. The average Bonchev–Trinajstić information content (AvgIpc) is 3.22. The molecule has 0 saturated carbocycles. The molecular weight excluding hydrogens is 316 g/mol. The van der Waals surface area contributed by atoms with Gasteiger partial charge >= 0.3 is 0 Å². The summed E-state index contributed by atoms with van der Waals surface area (Å²) in [6, 6.07) is 2.18. The van der Waals surface area contributed by atoms with E-state index in [9.17, 15) is 0 Å². The van der Waals surface area contributed by atoms with E-state index in [0.29, 0.717) is 6.04 Å². The zero-order chi connectivity index (χ0) is 17.3. The van der Waals surface area contributed by atoms with Crippen molar-refractivity contribution < 1.29 is 4.74 Å². The van der Waals surface area contributed by atoms with Gasteiger partial charge in [0, 0.05) is 57.8 Å². The minimum Gasteiger partial charge on any atom is -0.371 e. The van der Waals surface area contributed by atoms with Crippen LogP contribution in [0.3, 0.4) is 0 Å². The van der Waals surface area contributed by atoms with Crippen LogP contribution in [0.2, 0.25) is 0 Å². The van der Waals surface area contributed by atoms with E-state index in [1.807, 2.05) is 24.0 Å². The Balaban J connectivity index is 1.40. The Morgan fingerprint density at radius 1 is 1.36 bits per heavy atom. The molecular formula is C18H26N6O. The van der Waals surface area contributed by atoms with Gasteiger partial charge in [-0.15, -0.1) is 0 Å². The molecule has 2 aliphatic heterocycles. The van der Waals surface area contributed by atoms with Crippen LogP contribution >= 0.6 is 0 Å². The Labute approximate surface area is 148 Å². The highest BCUT2D eigenvalue weighted by molar-refractivity contribution is 5.30. The molecule has 0 N–H and O–H groups in total. The van der Waals surface area contributed by atoms with Crippen LogP contribution in [0, 0.1) is 0 Å². The molecule has 2 aromatic rings. The van der Waals surface area contributed by atoms with Crippen molar-refractivity contribution in [1.82, 2.24) is 24.6 Å². The zero-order valence-electron chi connectivity index (χ0n) is 15.0. The van der Waals surface area contributed by atoms with Gasteiger partial charge in [0.15, 0.2) is 0 Å². The number of hydrogen-bond donors (Lipinski definition) is 0. The molecule has 0 bridgehead atoms. The molecule has 0 radical (unpaired) electrons. The number of hydrogen-bond acceptors (Lipinski definition) is 6. The first-order chi connectivity index (χ1) is 12.1. The summed E-state index contributed by atoms with van der Waals surface area (Å²) < 4.78 is 8.22. The second kappa shape index (κ2) is 6.72. The van der Waals surface area contributed by atoms with Crippen LogP contribution in [0.15, 0.2) is 30.9 Å². The maximum atomic E-state index is 6.35. The lowest BCUT2D eigenvalue weighted by molar-refractivity contribution is -0.0533. The molecule has 0 amide bonds. The lowest BCUT2D eigenvalue weighted by atomic mass is 9.88. The molecule has 4 heterocycles. The predicted octanol–water partition coefficient (Wildman–Crippen LogP) is 1.47. The largest absolute Gasteiger partial charge is 0.371 e. The number of anilines is 1. The normalized spacial score (nSPS) is 27.0. The number of likely N-dealkylation sites (tertiary alicyclic amines) is 1. The summed E-state index contributed by atoms with van der Waals surface area (Å²) in [6.07, 6.45) is 11.0. The lowest BCUT2D eigenvalue weighted by Crippen LogP contribution is -2.48. The molecule has 2 aromatic heterocycles. The minimum absolute atomic E-state index is 0.0336. The van der Waals surface area contributed by atoms with Crippen molar-refractivity contribution in [3.63, 3.8) is 0 Å². The van der Waals surface area contributed by atoms with Gasteiger partial charge in [0.05, 0.1) is 24.4 Å². The third-order valence-electron chi connectivity index (χ3n) is 5.39. The van der Waals surface area contributed by atoms with Gasteiger partial charge in [-0.3, -0.25) is 9.58 Å². The van der Waals surface area contributed by atoms with Crippen LogP contribution in [-0.4, -0.2) is 63.0 Å². The molecule has 2 fully saturated rings. The van der Waals surface area contributed by atoms with E-state index in [4.69, 9.17) is 4.74 Å². The van der Waals surface area contributed by atoms with E-state index in [-0.39, 0.29) is 5.60 Å². The second-order valence-electron chi connectivity index (χ2n) is 7.35. The first kappa shape index (κ1) is 16.5. The molecule has 134 valence electrons. The molecule has 25 heavy (non-hydrogen) atoms. The second-order valence-corrected chi connectivity index (χ2v) is 7.35. The highest BCUT2D eigenvalue weighted by atomic mass is 16.5. The first-order valence-electron chi connectivity index (χ1n) is 8.97. The summed E-state index contributed by atoms with van der Waals surface area (Å²) in [5, 5.41) is 4.28. The van der Waals surface area contributed by atoms with Crippen LogP contribution in [0.25, 0.3) is 0 Å². The van der Waals surface area contributed by atoms with E-state index in [0.717, 1.165) is 45.0 Å². The molecule has 2 unspecified atom stereocenters. The number of piperidine rings is 1. The van der Waals surface area contributed by atoms with E-state index < -0.39 is 0 Å². The molecule has 2 saturated heterocycles. The highest BCUT2D eigenvalue weighted by Crippen LogP contribution is 2.37. The van der Waals surface area contributed by atoms with Gasteiger partial charge in [0.2, 0.25) is 5.95 Å². The summed E-state index contributed by atoms with van der Waals surface area (Å²) in [5.41, 5.74) is 1.23. The van der Waals surface area contributed by atoms with Crippen molar-refractivity contribution in [3.8, 4) is 0 Å². The number of likely N-dealkylation sites (N-methyl/N-ethyl adjacent to an activating group) is 1. The molecule has 1 spiro atoms. The minimum atomic E-state index is -0.0336. The third-order valence-corrected chi connectivity index (χ3v) is 5.39. The highest BCUT2D eigenvalue weighted by Gasteiger charge is 2.44. The number of aromatic nitrogens is 4. The Kier molecular flexibility index (Phi) is 4.43. The third kappa shape index (κ3) is 3.52. The van der Waals surface area contributed by atoms with Crippen LogP contribution in [-0.2, 0) is 18.3 Å². The molecule has 2 aliphatic rings. The summed E-state index contributed by atoms with van der Waals surface area (Å²) >= 11 is 0. The van der Waals surface area contributed by atoms with E-state index in [1.165, 1.54) is 12.0 Å². The molecule has 0 aromatic carbocycles. The number of rotatable bonds is 4. The van der Waals surface area contributed by atoms with Gasteiger partial charge in [0.25, 0.3) is 0 Å². The fourth-order valence-corrected chi connectivity index (χ4v) is 4.13. The topological polar surface area (TPSA) is 59.3 Å². The SMILES string of the molecule is CN(c1ncccn1)C1COC2(CCCN(Cc3cnn(C)c3)C2)C1. The molecule has 4 rings (SSSR count). The fourth-order valence-electron chi connectivity index (χ4n) is 4.13. The lowest BCUT2D eigenvalue weighted by Gasteiger charge is -2.39. The van der Waals surface area contributed by atoms with Crippen LogP contribution in [0.5, 0.6) is 0 Å². The van der Waals surface area contributed by atoms with E-state index in [2.05, 4.69) is 38.1 Å². The van der Waals surface area contributed by atoms with Gasteiger partial charge in [-0.2, -0.15) is 5.10 Å². The average molecular weight is 342 g/mol. The molecule has 2 atom stereocenters. The van der Waals surface area contributed by atoms with Crippen LogP contribution in [0.4, 0.5) is 5.95 Å². The van der Waals surface area contributed by atoms with Gasteiger partial charge in [-0.1, -0.05) is 0 Å². The van der Waals surface area contributed by atoms with Gasteiger partial charge in [0.1, 0.15) is 0 Å². The van der Waals surface area contributed by atoms with Gasteiger partial charge in [-0.25, -0.2) is 9.97 Å². The van der Waals surface area contributed by atoms with Gasteiger partial charge in [-0.05, 0) is 25.5 Å². The maximum Gasteiger partial charge on any atom is 0.225 e. The van der Waals surface area contributed by atoms with E-state index >= 15 is 0 Å². The van der Waals surface area contributed by atoms with Crippen molar-refractivity contribution in [2.75, 3.05) is 31.6 Å². The van der Waals surface area contributed by atoms with Crippen molar-refractivity contribution in [3.05, 3.63) is 36.4 Å². The van der Waals surface area contributed by atoms with E-state index in [1.54, 1.807) is 12.4 Å². The molecule has 0 aliphatic carbocycles. The maximum absolute atomic E-state index is 6.35. The van der Waals surface area contributed by atoms with Crippen molar-refractivity contribution in [2.45, 2.75) is 37.5 Å². The fraction of sp³-hybridized carbons (Fsp3) is 0.611. The standard InChI is InChI=1S/C18H26N6O/c1-22-11-15(10-21-22)12-24-8-3-5-18(14-24)9-16(13-25-18)23(2)17-19-6-4-7-20-17/h4,6-7,10-11,16H,3,5,8-9,12-14H2,1-2H3. The summed E-state index contributed by atoms with van der Waals surface area (Å²) in [4.78, 5) is 13.4. The Bertz CT molecular complexity index is 705. The van der Waals surface area contributed by atoms with Crippen molar-refractivity contribution >= 4 is 5.95 Å². The summed E-state index contributed by atoms with van der Waals surface area (Å²) in [5.74, 6) is 0.774. The summed E-state index contributed by atoms with van der Waals surface area (Å²) in [7, 11) is 4.03. The number of ether oxygens (including phenoxy) is 1. The van der Waals surface area contributed by atoms with Crippen molar-refractivity contribution in [1.29, 1.82) is 0 Å². The predicted molar refractivity (Wildman–Crippen MR) is 95.2 cm³/mol. The Morgan fingerprint density at radius 3 is 2.96 bits per heavy atom. The van der Waals surface area contributed by atoms with Gasteiger partial charge < -0.3 is 9.64 Å². The molecule has 7 nitrogen and oxygen atoms in total. The first-order valence-corrected chi connectivity index (χ1v) is 8.97. The smallest absolute Gasteiger partial charge is 0.225 e. The summed E-state index contributed by atoms with van der Waals surface area (Å²) in [6.45, 7) is 3.81.